The number of hydrogen-bond acceptors (Lipinski definition) is 5. The van der Waals surface area contributed by atoms with Crippen molar-refractivity contribution < 1.29 is 17.5 Å². The zero-order valence-electron chi connectivity index (χ0n) is 18.0. The Kier molecular flexibility index (Phi) is 6.11. The molecule has 4 aromatic rings. The van der Waals surface area contributed by atoms with Gasteiger partial charge in [0.05, 0.1) is 30.3 Å². The normalized spacial score (nSPS) is 11.4. The van der Waals surface area contributed by atoms with Gasteiger partial charge in [-0.2, -0.15) is 5.10 Å². The Bertz CT molecular complexity index is 1470. The van der Waals surface area contributed by atoms with Gasteiger partial charge in [-0.25, -0.2) is 17.5 Å². The summed E-state index contributed by atoms with van der Waals surface area (Å²) in [5.74, 6) is -0.532. The summed E-state index contributed by atoms with van der Waals surface area (Å²) in [4.78, 5) is 13.7. The maximum absolute atomic E-state index is 14.5. The number of aromatic nitrogens is 2. The summed E-state index contributed by atoms with van der Waals surface area (Å²) in [6, 6.07) is 19.9. The Hall–Kier alpha value is -3.78. The lowest BCUT2D eigenvalue weighted by Gasteiger charge is -2.14. The molecule has 0 unspecified atom stereocenters. The second kappa shape index (κ2) is 8.99. The van der Waals surface area contributed by atoms with Gasteiger partial charge in [0, 0.05) is 11.8 Å². The fourth-order valence-corrected chi connectivity index (χ4v) is 4.19. The van der Waals surface area contributed by atoms with Crippen LogP contribution >= 0.6 is 0 Å². The van der Waals surface area contributed by atoms with Crippen LogP contribution in [0.1, 0.15) is 5.56 Å². The van der Waals surface area contributed by atoms with Gasteiger partial charge in [0.2, 0.25) is 0 Å². The Morgan fingerprint density at radius 1 is 0.970 bits per heavy atom. The topological polar surface area (TPSA) is 78.3 Å². The summed E-state index contributed by atoms with van der Waals surface area (Å²) < 4.78 is 44.5. The van der Waals surface area contributed by atoms with Gasteiger partial charge in [-0.15, -0.1) is 0 Å². The number of halogens is 1. The van der Waals surface area contributed by atoms with Gasteiger partial charge in [0.25, 0.3) is 5.56 Å². The zero-order valence-corrected chi connectivity index (χ0v) is 18.8. The maximum atomic E-state index is 14.5. The van der Waals surface area contributed by atoms with Crippen LogP contribution in [-0.4, -0.2) is 31.6 Å². The highest BCUT2D eigenvalue weighted by atomic mass is 32.2. The number of methoxy groups -OCH3 is 1. The molecule has 8 heteroatoms. The van der Waals surface area contributed by atoms with E-state index in [4.69, 9.17) is 4.74 Å². The van der Waals surface area contributed by atoms with Crippen molar-refractivity contribution in [2.45, 2.75) is 11.4 Å². The minimum atomic E-state index is -3.37. The number of benzene rings is 3. The van der Waals surface area contributed by atoms with E-state index < -0.39 is 21.2 Å². The molecule has 0 aliphatic carbocycles. The van der Waals surface area contributed by atoms with E-state index in [-0.39, 0.29) is 22.8 Å². The molecule has 0 saturated heterocycles. The highest BCUT2D eigenvalue weighted by Gasteiger charge is 2.18. The summed E-state index contributed by atoms with van der Waals surface area (Å²) in [5, 5.41) is 4.33. The van der Waals surface area contributed by atoms with Crippen molar-refractivity contribution in [1.82, 2.24) is 9.78 Å². The molecule has 0 aliphatic rings. The highest BCUT2D eigenvalue weighted by Crippen LogP contribution is 2.31. The fraction of sp³-hybridized carbons (Fsp3) is 0.120. The van der Waals surface area contributed by atoms with Gasteiger partial charge in [0.1, 0.15) is 0 Å². The van der Waals surface area contributed by atoms with E-state index in [1.54, 1.807) is 18.2 Å². The van der Waals surface area contributed by atoms with Crippen LogP contribution in [-0.2, 0) is 16.4 Å². The van der Waals surface area contributed by atoms with E-state index in [1.165, 1.54) is 42.3 Å². The average Bonchev–Trinajstić information content (AvgIpc) is 2.80. The summed E-state index contributed by atoms with van der Waals surface area (Å²) in [5.41, 5.74) is 2.18. The molecule has 6 nitrogen and oxygen atoms in total. The van der Waals surface area contributed by atoms with Crippen molar-refractivity contribution >= 4 is 9.84 Å². The lowest BCUT2D eigenvalue weighted by molar-refractivity contribution is 0.386. The molecule has 0 saturated carbocycles. The first-order valence-corrected chi connectivity index (χ1v) is 12.0. The average molecular weight is 465 g/mol. The lowest BCUT2D eigenvalue weighted by Crippen LogP contribution is -2.25. The first kappa shape index (κ1) is 22.4. The third-order valence-electron chi connectivity index (χ3n) is 5.25. The molecule has 0 spiro atoms. The second-order valence-electron chi connectivity index (χ2n) is 7.53. The van der Waals surface area contributed by atoms with E-state index >= 15 is 0 Å². The molecule has 0 bridgehead atoms. The van der Waals surface area contributed by atoms with Crippen molar-refractivity contribution in [1.29, 1.82) is 0 Å². The quantitative estimate of drug-likeness (QED) is 0.428. The predicted octanol–water partition coefficient (Wildman–Crippen LogP) is 4.18. The van der Waals surface area contributed by atoms with Crippen molar-refractivity contribution in [3.05, 3.63) is 101 Å². The Morgan fingerprint density at radius 3 is 2.24 bits per heavy atom. The van der Waals surface area contributed by atoms with Gasteiger partial charge in [-0.1, -0.05) is 48.5 Å². The Balaban J connectivity index is 1.90. The highest BCUT2D eigenvalue weighted by molar-refractivity contribution is 7.90. The summed E-state index contributed by atoms with van der Waals surface area (Å²) in [6.07, 6.45) is 2.66. The predicted molar refractivity (Wildman–Crippen MR) is 125 cm³/mol. The van der Waals surface area contributed by atoms with Crippen molar-refractivity contribution in [2.75, 3.05) is 13.4 Å². The first-order chi connectivity index (χ1) is 15.8. The molecule has 0 fully saturated rings. The molecule has 168 valence electrons. The lowest BCUT2D eigenvalue weighted by atomic mass is 9.97. The molecule has 1 heterocycles. The minimum Gasteiger partial charge on any atom is -0.494 e. The van der Waals surface area contributed by atoms with E-state index in [0.717, 1.165) is 11.8 Å². The van der Waals surface area contributed by atoms with Gasteiger partial charge < -0.3 is 4.74 Å². The van der Waals surface area contributed by atoms with Crippen LogP contribution in [0.3, 0.4) is 0 Å². The number of nitrogens with zero attached hydrogens (tertiary/aromatic N) is 2. The first-order valence-electron chi connectivity index (χ1n) is 10.1. The third-order valence-corrected chi connectivity index (χ3v) is 6.38. The van der Waals surface area contributed by atoms with E-state index in [2.05, 4.69) is 5.10 Å². The van der Waals surface area contributed by atoms with Gasteiger partial charge in [-0.05, 0) is 41.0 Å². The van der Waals surface area contributed by atoms with Gasteiger partial charge in [-0.3, -0.25) is 4.79 Å². The van der Waals surface area contributed by atoms with Crippen LogP contribution in [0.15, 0.2) is 88.7 Å². The second-order valence-corrected chi connectivity index (χ2v) is 9.54. The van der Waals surface area contributed by atoms with Crippen LogP contribution in [0.5, 0.6) is 5.75 Å². The van der Waals surface area contributed by atoms with E-state index in [1.807, 2.05) is 30.3 Å². The molecule has 4 rings (SSSR count). The molecular weight excluding hydrogens is 443 g/mol. The molecule has 3 aromatic carbocycles. The number of rotatable bonds is 6. The van der Waals surface area contributed by atoms with Crippen molar-refractivity contribution in [3.8, 4) is 28.0 Å². The molecule has 0 atom stereocenters. The Labute approximate surface area is 190 Å². The monoisotopic (exact) mass is 464 g/mol. The maximum Gasteiger partial charge on any atom is 0.275 e. The standard InChI is InChI=1S/C25H21FN2O4S/c1-32-23-13-10-19(14-22(23)26)24-21(18-8-11-20(12-9-18)33(2,30)31)15-27-28(25(24)29)16-17-6-4-3-5-7-17/h3-15H,16H2,1-2H3. The van der Waals surface area contributed by atoms with Crippen LogP contribution < -0.4 is 10.3 Å². The summed E-state index contributed by atoms with van der Waals surface area (Å²) in [7, 11) is -2.00. The van der Waals surface area contributed by atoms with Crippen molar-refractivity contribution in [3.63, 3.8) is 0 Å². The van der Waals surface area contributed by atoms with Gasteiger partial charge >= 0.3 is 0 Å². The molecule has 0 N–H and O–H groups in total. The number of ether oxygens (including phenoxy) is 1. The van der Waals surface area contributed by atoms with Crippen LogP contribution in [0.25, 0.3) is 22.3 Å². The number of sulfone groups is 1. The molecule has 1 aromatic heterocycles. The largest absolute Gasteiger partial charge is 0.494 e. The fourth-order valence-electron chi connectivity index (χ4n) is 3.56. The van der Waals surface area contributed by atoms with Gasteiger partial charge in [0.15, 0.2) is 21.4 Å². The van der Waals surface area contributed by atoms with Crippen LogP contribution in [0.4, 0.5) is 4.39 Å². The molecular formula is C25H21FN2O4S. The Morgan fingerprint density at radius 2 is 1.64 bits per heavy atom. The molecule has 0 amide bonds. The molecule has 0 radical (unpaired) electrons. The smallest absolute Gasteiger partial charge is 0.275 e. The molecule has 33 heavy (non-hydrogen) atoms. The van der Waals surface area contributed by atoms with Crippen LogP contribution in [0, 0.1) is 5.82 Å². The molecule has 0 aliphatic heterocycles. The SMILES string of the molecule is COc1ccc(-c2c(-c3ccc(S(C)(=O)=O)cc3)cnn(Cc3ccccc3)c2=O)cc1F. The third kappa shape index (κ3) is 4.70. The zero-order chi connectivity index (χ0) is 23.6. The number of hydrogen-bond donors (Lipinski definition) is 0. The van der Waals surface area contributed by atoms with Crippen LogP contribution in [0.2, 0.25) is 0 Å². The van der Waals surface area contributed by atoms with Crippen molar-refractivity contribution in [2.24, 2.45) is 0 Å². The summed E-state index contributed by atoms with van der Waals surface area (Å²) in [6.45, 7) is 0.249. The van der Waals surface area contributed by atoms with E-state index in [9.17, 15) is 17.6 Å². The summed E-state index contributed by atoms with van der Waals surface area (Å²) >= 11 is 0. The van der Waals surface area contributed by atoms with E-state index in [0.29, 0.717) is 16.7 Å². The minimum absolute atomic E-state index is 0.0662.